The molecule has 3 aromatic rings. The van der Waals surface area contributed by atoms with Gasteiger partial charge in [-0.15, -0.1) is 0 Å². The molecule has 21 heavy (non-hydrogen) atoms. The van der Waals surface area contributed by atoms with Crippen LogP contribution in [0, 0.1) is 0 Å². The lowest BCUT2D eigenvalue weighted by atomic mass is 10.1. The van der Waals surface area contributed by atoms with Crippen molar-refractivity contribution in [2.75, 3.05) is 5.32 Å². The van der Waals surface area contributed by atoms with Crippen molar-refractivity contribution < 1.29 is 0 Å². The molecule has 0 amide bonds. The zero-order chi connectivity index (χ0) is 14.2. The molecule has 1 N–H and O–H groups in total. The van der Waals surface area contributed by atoms with Gasteiger partial charge in [0.15, 0.2) is 0 Å². The fourth-order valence-corrected chi connectivity index (χ4v) is 3.12. The summed E-state index contributed by atoms with van der Waals surface area (Å²) in [5, 5.41) is 3.52. The van der Waals surface area contributed by atoms with Crippen LogP contribution in [0.5, 0.6) is 0 Å². The van der Waals surface area contributed by atoms with E-state index < -0.39 is 0 Å². The second-order valence-electron chi connectivity index (χ2n) is 5.74. The van der Waals surface area contributed by atoms with Crippen LogP contribution >= 0.6 is 0 Å². The number of anilines is 1. The molecule has 2 heteroatoms. The van der Waals surface area contributed by atoms with Crippen LogP contribution < -0.4 is 5.32 Å². The van der Waals surface area contributed by atoms with Crippen molar-refractivity contribution in [1.29, 1.82) is 0 Å². The number of hydrogen-bond acceptors (Lipinski definition) is 1. The van der Waals surface area contributed by atoms with E-state index in [2.05, 4.69) is 77.9 Å². The van der Waals surface area contributed by atoms with E-state index >= 15 is 0 Å². The van der Waals surface area contributed by atoms with Gasteiger partial charge < -0.3 is 9.88 Å². The zero-order valence-electron chi connectivity index (χ0n) is 12.1. The first-order valence-electron chi connectivity index (χ1n) is 7.35. The highest BCUT2D eigenvalue weighted by Gasteiger charge is 2.17. The van der Waals surface area contributed by atoms with Crippen molar-refractivity contribution in [1.82, 2.24) is 4.57 Å². The maximum atomic E-state index is 3.52. The number of benzene rings is 2. The molecule has 0 radical (unpaired) electrons. The fraction of sp³-hybridized carbons (Fsp3) is 0.158. The predicted octanol–water partition coefficient (Wildman–Crippen LogP) is 4.21. The van der Waals surface area contributed by atoms with Gasteiger partial charge in [-0.3, -0.25) is 0 Å². The molecule has 1 heterocycles. The monoisotopic (exact) mass is 274 g/mol. The van der Waals surface area contributed by atoms with Gasteiger partial charge in [0.1, 0.15) is 0 Å². The molecular weight excluding hydrogens is 256 g/mol. The van der Waals surface area contributed by atoms with Crippen LogP contribution in [-0.2, 0) is 20.0 Å². The van der Waals surface area contributed by atoms with Crippen LogP contribution in [0.4, 0.5) is 5.69 Å². The summed E-state index contributed by atoms with van der Waals surface area (Å²) in [6, 6.07) is 17.6. The minimum Gasteiger partial charge on any atom is -0.381 e. The third-order valence-corrected chi connectivity index (χ3v) is 4.18. The Bertz CT molecular complexity index is 799. The summed E-state index contributed by atoms with van der Waals surface area (Å²) < 4.78 is 2.08. The van der Waals surface area contributed by atoms with Gasteiger partial charge in [0.25, 0.3) is 0 Å². The molecule has 104 valence electrons. The Morgan fingerprint density at radius 3 is 2.71 bits per heavy atom. The number of fused-ring (bicyclic) bond motifs is 3. The van der Waals surface area contributed by atoms with Gasteiger partial charge in [-0.05, 0) is 52.4 Å². The maximum absolute atomic E-state index is 3.52. The molecular formula is C19H18N2. The first-order valence-corrected chi connectivity index (χ1v) is 7.35. The smallest absolute Gasteiger partial charge is 0.0415 e. The molecule has 0 saturated carbocycles. The number of rotatable bonds is 3. The molecule has 0 aliphatic heterocycles. The number of hydrogen-bond donors (Lipinski definition) is 1. The average Bonchev–Trinajstić information content (AvgIpc) is 3.07. The third kappa shape index (κ3) is 2.23. The second kappa shape index (κ2) is 4.81. The van der Waals surface area contributed by atoms with E-state index in [4.69, 9.17) is 0 Å². The van der Waals surface area contributed by atoms with Crippen molar-refractivity contribution in [3.05, 3.63) is 77.6 Å². The second-order valence-corrected chi connectivity index (χ2v) is 5.74. The summed E-state index contributed by atoms with van der Waals surface area (Å²) in [6.45, 7) is 0.868. The first kappa shape index (κ1) is 12.3. The Balaban J connectivity index is 1.56. The van der Waals surface area contributed by atoms with Crippen molar-refractivity contribution in [2.45, 2.75) is 13.0 Å². The number of nitrogens with one attached hydrogen (secondary N) is 1. The third-order valence-electron chi connectivity index (χ3n) is 4.18. The summed E-state index contributed by atoms with van der Waals surface area (Å²) in [5.41, 5.74) is 8.15. The van der Waals surface area contributed by atoms with Gasteiger partial charge in [-0.1, -0.05) is 30.3 Å². The van der Waals surface area contributed by atoms with Gasteiger partial charge in [0.05, 0.1) is 0 Å². The molecule has 2 aromatic carbocycles. The Kier molecular flexibility index (Phi) is 2.81. The number of aromatic nitrogens is 1. The predicted molar refractivity (Wildman–Crippen MR) is 87.4 cm³/mol. The molecule has 1 aliphatic carbocycles. The standard InChI is InChI=1S/C19H18N2/c1-21-9-8-14(13-21)12-20-17-6-7-19-16(11-17)10-15-4-2-3-5-18(15)19/h2-9,11,13,20H,10,12H2,1H3. The number of nitrogens with zero attached hydrogens (tertiary/aromatic N) is 1. The molecule has 0 atom stereocenters. The van der Waals surface area contributed by atoms with Crippen molar-refractivity contribution in [3.8, 4) is 11.1 Å². The Labute approximate surface area is 125 Å². The van der Waals surface area contributed by atoms with Crippen LogP contribution in [0.15, 0.2) is 60.9 Å². The molecule has 4 rings (SSSR count). The van der Waals surface area contributed by atoms with E-state index in [-0.39, 0.29) is 0 Å². The van der Waals surface area contributed by atoms with Gasteiger partial charge in [0, 0.05) is 31.7 Å². The van der Waals surface area contributed by atoms with Crippen molar-refractivity contribution in [2.24, 2.45) is 7.05 Å². The summed E-state index contributed by atoms with van der Waals surface area (Å²) in [4.78, 5) is 0. The van der Waals surface area contributed by atoms with Crippen LogP contribution in [0.1, 0.15) is 16.7 Å². The molecule has 1 aliphatic rings. The normalized spacial score (nSPS) is 12.0. The van der Waals surface area contributed by atoms with Crippen LogP contribution in [0.3, 0.4) is 0 Å². The van der Waals surface area contributed by atoms with Crippen LogP contribution in [0.2, 0.25) is 0 Å². The summed E-state index contributed by atoms with van der Waals surface area (Å²) in [5.74, 6) is 0. The van der Waals surface area contributed by atoms with E-state index in [1.165, 1.54) is 33.5 Å². The van der Waals surface area contributed by atoms with Crippen molar-refractivity contribution >= 4 is 5.69 Å². The molecule has 0 fully saturated rings. The van der Waals surface area contributed by atoms with Crippen LogP contribution in [0.25, 0.3) is 11.1 Å². The molecule has 2 nitrogen and oxygen atoms in total. The highest BCUT2D eigenvalue weighted by molar-refractivity contribution is 5.78. The quantitative estimate of drug-likeness (QED) is 0.592. The lowest BCUT2D eigenvalue weighted by molar-refractivity contribution is 0.920. The Hall–Kier alpha value is -2.48. The molecule has 0 bridgehead atoms. The van der Waals surface area contributed by atoms with Crippen molar-refractivity contribution in [3.63, 3.8) is 0 Å². The topological polar surface area (TPSA) is 17.0 Å². The Morgan fingerprint density at radius 2 is 1.86 bits per heavy atom. The van der Waals surface area contributed by atoms with Gasteiger partial charge >= 0.3 is 0 Å². The minimum absolute atomic E-state index is 0.868. The van der Waals surface area contributed by atoms with E-state index in [0.717, 1.165) is 13.0 Å². The molecule has 0 saturated heterocycles. The fourth-order valence-electron chi connectivity index (χ4n) is 3.12. The molecule has 1 aromatic heterocycles. The SMILES string of the molecule is Cn1ccc(CNc2ccc3c(c2)Cc2ccccc2-3)c1. The first-order chi connectivity index (χ1) is 10.3. The molecule has 0 spiro atoms. The van der Waals surface area contributed by atoms with E-state index in [1.807, 2.05) is 0 Å². The minimum atomic E-state index is 0.868. The van der Waals surface area contributed by atoms with E-state index in [0.29, 0.717) is 0 Å². The van der Waals surface area contributed by atoms with Gasteiger partial charge in [-0.25, -0.2) is 0 Å². The highest BCUT2D eigenvalue weighted by atomic mass is 14.9. The maximum Gasteiger partial charge on any atom is 0.0415 e. The zero-order valence-corrected chi connectivity index (χ0v) is 12.1. The van der Waals surface area contributed by atoms with E-state index in [9.17, 15) is 0 Å². The lowest BCUT2D eigenvalue weighted by Gasteiger charge is -2.08. The average molecular weight is 274 g/mol. The summed E-state index contributed by atoms with van der Waals surface area (Å²) in [6.07, 6.45) is 5.28. The summed E-state index contributed by atoms with van der Waals surface area (Å²) in [7, 11) is 2.05. The van der Waals surface area contributed by atoms with Crippen LogP contribution in [-0.4, -0.2) is 4.57 Å². The van der Waals surface area contributed by atoms with Gasteiger partial charge in [0.2, 0.25) is 0 Å². The van der Waals surface area contributed by atoms with E-state index in [1.54, 1.807) is 0 Å². The largest absolute Gasteiger partial charge is 0.381 e. The van der Waals surface area contributed by atoms with Gasteiger partial charge in [-0.2, -0.15) is 0 Å². The lowest BCUT2D eigenvalue weighted by Crippen LogP contribution is -1.99. The molecule has 0 unspecified atom stereocenters. The Morgan fingerprint density at radius 1 is 1.00 bits per heavy atom. The highest BCUT2D eigenvalue weighted by Crippen LogP contribution is 2.37. The summed E-state index contributed by atoms with van der Waals surface area (Å²) >= 11 is 0. The number of aryl methyl sites for hydroxylation is 1.